The first-order valence-corrected chi connectivity index (χ1v) is 9.74. The Morgan fingerprint density at radius 1 is 1.08 bits per heavy atom. The van der Waals surface area contributed by atoms with Gasteiger partial charge >= 0.3 is 0 Å². The molecule has 0 saturated heterocycles. The number of nitrogens with one attached hydrogen (secondary N) is 1. The third-order valence-electron chi connectivity index (χ3n) is 3.50. The number of hydrogen-bond acceptors (Lipinski definition) is 3. The van der Waals surface area contributed by atoms with Gasteiger partial charge in [0.25, 0.3) is 0 Å². The first-order chi connectivity index (χ1) is 12.0. The van der Waals surface area contributed by atoms with Gasteiger partial charge in [-0.05, 0) is 48.9 Å². The fraction of sp³-hybridized carbons (Fsp3) is 0.263. The summed E-state index contributed by atoms with van der Waals surface area (Å²) in [5.74, 6) is 0.252. The first kappa shape index (κ1) is 19.8. The highest BCUT2D eigenvalue weighted by Gasteiger charge is 2.11. The molecule has 6 heteroatoms. The molecule has 0 atom stereocenters. The number of ketones is 1. The normalized spacial score (nSPS) is 10.5. The lowest BCUT2D eigenvalue weighted by molar-refractivity contribution is -0.116. The standard InChI is InChI=1S/C19H19Cl2NO2S/c1-2-3-4-19(24)22-14-6-8-15(9-7-14)25-12-18(23)16-10-5-13(20)11-17(16)21/h5-11H,2-4,12H2,1H3,(H,22,24). The predicted octanol–water partition coefficient (Wildman–Crippen LogP) is 6.10. The van der Waals surface area contributed by atoms with E-state index in [0.29, 0.717) is 22.0 Å². The van der Waals surface area contributed by atoms with Crippen LogP contribution in [0, 0.1) is 0 Å². The molecule has 3 nitrogen and oxygen atoms in total. The minimum atomic E-state index is -0.0522. The molecule has 0 aliphatic heterocycles. The van der Waals surface area contributed by atoms with Crippen molar-refractivity contribution in [1.82, 2.24) is 0 Å². The largest absolute Gasteiger partial charge is 0.326 e. The highest BCUT2D eigenvalue weighted by molar-refractivity contribution is 8.00. The van der Waals surface area contributed by atoms with Crippen LogP contribution in [0.1, 0.15) is 36.5 Å². The molecular weight excluding hydrogens is 377 g/mol. The Morgan fingerprint density at radius 2 is 1.80 bits per heavy atom. The molecule has 0 spiro atoms. The summed E-state index contributed by atoms with van der Waals surface area (Å²) in [4.78, 5) is 24.9. The summed E-state index contributed by atoms with van der Waals surface area (Å²) in [5.41, 5.74) is 1.23. The Morgan fingerprint density at radius 3 is 2.44 bits per heavy atom. The van der Waals surface area contributed by atoms with E-state index in [1.807, 2.05) is 24.3 Å². The predicted molar refractivity (Wildman–Crippen MR) is 106 cm³/mol. The van der Waals surface area contributed by atoms with E-state index in [4.69, 9.17) is 23.2 Å². The number of Topliss-reactive ketones (excluding diaryl/α,β-unsaturated/α-hetero) is 1. The van der Waals surface area contributed by atoms with Gasteiger partial charge in [-0.25, -0.2) is 0 Å². The smallest absolute Gasteiger partial charge is 0.224 e. The Kier molecular flexibility index (Phi) is 7.82. The quantitative estimate of drug-likeness (QED) is 0.433. The molecular formula is C19H19Cl2NO2S. The summed E-state index contributed by atoms with van der Waals surface area (Å²) in [6.45, 7) is 2.05. The van der Waals surface area contributed by atoms with Crippen LogP contribution in [0.25, 0.3) is 0 Å². The zero-order valence-electron chi connectivity index (χ0n) is 13.9. The average Bonchev–Trinajstić information content (AvgIpc) is 2.59. The molecule has 0 aromatic heterocycles. The van der Waals surface area contributed by atoms with E-state index in [1.54, 1.807) is 18.2 Å². The second-order valence-corrected chi connectivity index (χ2v) is 7.40. The van der Waals surface area contributed by atoms with Crippen LogP contribution >= 0.6 is 35.0 Å². The van der Waals surface area contributed by atoms with Crippen molar-refractivity contribution in [3.8, 4) is 0 Å². The Bertz CT molecular complexity index is 748. The Hall–Kier alpha value is -1.49. The average molecular weight is 396 g/mol. The molecule has 0 aliphatic carbocycles. The summed E-state index contributed by atoms with van der Waals surface area (Å²) in [5, 5.41) is 3.73. The van der Waals surface area contributed by atoms with Gasteiger partial charge in [0, 0.05) is 27.6 Å². The van der Waals surface area contributed by atoms with E-state index in [1.165, 1.54) is 11.8 Å². The molecule has 0 heterocycles. The summed E-state index contributed by atoms with van der Waals surface area (Å²) in [6.07, 6.45) is 2.41. The zero-order chi connectivity index (χ0) is 18.2. The second-order valence-electron chi connectivity index (χ2n) is 5.51. The van der Waals surface area contributed by atoms with Crippen LogP contribution in [-0.2, 0) is 4.79 Å². The summed E-state index contributed by atoms with van der Waals surface area (Å²) < 4.78 is 0. The van der Waals surface area contributed by atoms with Crippen LogP contribution in [0.3, 0.4) is 0 Å². The minimum absolute atomic E-state index is 0.0230. The first-order valence-electron chi connectivity index (χ1n) is 8.00. The monoisotopic (exact) mass is 395 g/mol. The summed E-state index contributed by atoms with van der Waals surface area (Å²) in [6, 6.07) is 12.3. The maximum absolute atomic E-state index is 12.3. The van der Waals surface area contributed by atoms with Gasteiger partial charge in [0.05, 0.1) is 10.8 Å². The van der Waals surface area contributed by atoms with Crippen LogP contribution in [0.5, 0.6) is 0 Å². The maximum Gasteiger partial charge on any atom is 0.224 e. The van der Waals surface area contributed by atoms with Crippen LogP contribution < -0.4 is 5.32 Å². The van der Waals surface area contributed by atoms with Crippen molar-refractivity contribution in [3.63, 3.8) is 0 Å². The van der Waals surface area contributed by atoms with Gasteiger partial charge in [-0.1, -0.05) is 36.5 Å². The summed E-state index contributed by atoms with van der Waals surface area (Å²) >= 11 is 13.3. The highest BCUT2D eigenvalue weighted by atomic mass is 35.5. The number of thioether (sulfide) groups is 1. The van der Waals surface area contributed by atoms with Gasteiger partial charge in [0.15, 0.2) is 5.78 Å². The molecule has 0 fully saturated rings. The van der Waals surface area contributed by atoms with Gasteiger partial charge in [0.1, 0.15) is 0 Å². The lowest BCUT2D eigenvalue weighted by Crippen LogP contribution is -2.10. The van der Waals surface area contributed by atoms with Crippen molar-refractivity contribution >= 4 is 52.3 Å². The van der Waals surface area contributed by atoms with E-state index in [2.05, 4.69) is 12.2 Å². The molecule has 2 rings (SSSR count). The molecule has 0 bridgehead atoms. The molecule has 2 aromatic rings. The van der Waals surface area contributed by atoms with E-state index in [9.17, 15) is 9.59 Å². The number of anilines is 1. The van der Waals surface area contributed by atoms with E-state index >= 15 is 0 Å². The SMILES string of the molecule is CCCCC(=O)Nc1ccc(SCC(=O)c2ccc(Cl)cc2Cl)cc1. The van der Waals surface area contributed by atoms with Gasteiger partial charge in [-0.2, -0.15) is 0 Å². The molecule has 0 radical (unpaired) electrons. The topological polar surface area (TPSA) is 46.2 Å². The molecule has 1 N–H and O–H groups in total. The Labute approximate surface area is 162 Å². The fourth-order valence-electron chi connectivity index (χ4n) is 2.14. The van der Waals surface area contributed by atoms with Crippen LogP contribution in [-0.4, -0.2) is 17.4 Å². The van der Waals surface area contributed by atoms with Crippen LogP contribution in [0.15, 0.2) is 47.4 Å². The molecule has 0 aliphatic rings. The van der Waals surface area contributed by atoms with Crippen LogP contribution in [0.2, 0.25) is 10.0 Å². The number of amides is 1. The molecule has 2 aromatic carbocycles. The van der Waals surface area contributed by atoms with Crippen molar-refractivity contribution < 1.29 is 9.59 Å². The maximum atomic E-state index is 12.3. The van der Waals surface area contributed by atoms with Gasteiger partial charge in [0.2, 0.25) is 5.91 Å². The third-order valence-corrected chi connectivity index (χ3v) is 5.06. The number of halogens is 2. The van der Waals surface area contributed by atoms with E-state index in [-0.39, 0.29) is 17.4 Å². The Balaban J connectivity index is 1.88. The molecule has 25 heavy (non-hydrogen) atoms. The molecule has 1 amide bonds. The minimum Gasteiger partial charge on any atom is -0.326 e. The van der Waals surface area contributed by atoms with Gasteiger partial charge < -0.3 is 5.32 Å². The number of rotatable bonds is 8. The number of benzene rings is 2. The number of hydrogen-bond donors (Lipinski definition) is 1. The zero-order valence-corrected chi connectivity index (χ0v) is 16.2. The lowest BCUT2D eigenvalue weighted by atomic mass is 10.1. The lowest BCUT2D eigenvalue weighted by Gasteiger charge is -2.07. The second kappa shape index (κ2) is 9.85. The van der Waals surface area contributed by atoms with Gasteiger partial charge in [-0.3, -0.25) is 9.59 Å². The highest BCUT2D eigenvalue weighted by Crippen LogP contribution is 2.25. The van der Waals surface area contributed by atoms with Crippen molar-refractivity contribution in [2.24, 2.45) is 0 Å². The van der Waals surface area contributed by atoms with Crippen molar-refractivity contribution in [2.75, 3.05) is 11.1 Å². The van der Waals surface area contributed by atoms with Crippen molar-refractivity contribution in [3.05, 3.63) is 58.1 Å². The third kappa shape index (κ3) is 6.38. The fourth-order valence-corrected chi connectivity index (χ4v) is 3.43. The molecule has 0 saturated carbocycles. The molecule has 0 unspecified atom stereocenters. The van der Waals surface area contributed by atoms with E-state index in [0.717, 1.165) is 23.4 Å². The number of carbonyl (C=O) groups is 2. The van der Waals surface area contributed by atoms with Gasteiger partial charge in [-0.15, -0.1) is 11.8 Å². The van der Waals surface area contributed by atoms with Crippen molar-refractivity contribution in [2.45, 2.75) is 31.1 Å². The van der Waals surface area contributed by atoms with E-state index < -0.39 is 0 Å². The molecule has 132 valence electrons. The summed E-state index contributed by atoms with van der Waals surface area (Å²) in [7, 11) is 0. The van der Waals surface area contributed by atoms with Crippen LogP contribution in [0.4, 0.5) is 5.69 Å². The number of carbonyl (C=O) groups excluding carboxylic acids is 2. The number of unbranched alkanes of at least 4 members (excludes halogenated alkanes) is 1. The van der Waals surface area contributed by atoms with Crippen molar-refractivity contribution in [1.29, 1.82) is 0 Å².